The number of carbonyl (C=O) groups excluding carboxylic acids is 4. The van der Waals surface area contributed by atoms with E-state index >= 15 is 0 Å². The van der Waals surface area contributed by atoms with E-state index in [0.29, 0.717) is 0 Å². The van der Waals surface area contributed by atoms with Gasteiger partial charge in [0.1, 0.15) is 6.10 Å². The fraction of sp³-hybridized carbons (Fsp3) is 0.241. The number of carbonyl (C=O) groups is 4. The summed E-state index contributed by atoms with van der Waals surface area (Å²) < 4.78 is 69.3. The van der Waals surface area contributed by atoms with Crippen LogP contribution in [0.15, 0.2) is 91.0 Å². The summed E-state index contributed by atoms with van der Waals surface area (Å²) in [5.74, 6) is -4.46. The van der Waals surface area contributed by atoms with Gasteiger partial charge in [0.25, 0.3) is 0 Å². The van der Waals surface area contributed by atoms with Gasteiger partial charge in [-0.15, -0.1) is 0 Å². The molecule has 4 rings (SSSR count). The van der Waals surface area contributed by atoms with Gasteiger partial charge < -0.3 is 23.7 Å². The van der Waals surface area contributed by atoms with Gasteiger partial charge in [-0.2, -0.15) is 13.2 Å². The van der Waals surface area contributed by atoms with Crippen LogP contribution in [-0.4, -0.2) is 60.8 Å². The van der Waals surface area contributed by atoms with Crippen LogP contribution in [-0.2, 0) is 28.5 Å². The number of ether oxygens (including phenoxy) is 5. The lowest BCUT2D eigenvalue weighted by atomic mass is 10.0. The van der Waals surface area contributed by atoms with Gasteiger partial charge in [-0.05, 0) is 36.4 Å². The van der Waals surface area contributed by atoms with E-state index in [1.165, 1.54) is 72.8 Å². The van der Waals surface area contributed by atoms with Gasteiger partial charge in [0, 0.05) is 6.92 Å². The summed E-state index contributed by atoms with van der Waals surface area (Å²) in [7, 11) is 0. The summed E-state index contributed by atoms with van der Waals surface area (Å²) in [5.41, 5.74) is -0.227. The molecule has 0 aromatic heterocycles. The molecule has 41 heavy (non-hydrogen) atoms. The zero-order chi connectivity index (χ0) is 29.6. The molecule has 3 aromatic rings. The van der Waals surface area contributed by atoms with Gasteiger partial charge in [0.2, 0.25) is 18.5 Å². The molecule has 1 aliphatic rings. The Morgan fingerprint density at radius 3 is 1.49 bits per heavy atom. The first-order valence-corrected chi connectivity index (χ1v) is 12.2. The lowest BCUT2D eigenvalue weighted by molar-refractivity contribution is -0.252. The van der Waals surface area contributed by atoms with Crippen LogP contribution >= 0.6 is 0 Å². The molecule has 0 N–H and O–H groups in total. The van der Waals surface area contributed by atoms with E-state index < -0.39 is 60.8 Å². The van der Waals surface area contributed by atoms with Gasteiger partial charge in [0.05, 0.1) is 16.7 Å². The molecule has 1 heterocycles. The Bertz CT molecular complexity index is 1360. The molecule has 0 radical (unpaired) electrons. The zero-order valence-electron chi connectivity index (χ0n) is 21.4. The molecule has 1 aliphatic heterocycles. The number of halogens is 3. The van der Waals surface area contributed by atoms with Crippen LogP contribution in [0, 0.1) is 0 Å². The zero-order valence-corrected chi connectivity index (χ0v) is 21.4. The molecule has 1 fully saturated rings. The Hall–Kier alpha value is -4.71. The van der Waals surface area contributed by atoms with Crippen molar-refractivity contribution in [3.63, 3.8) is 0 Å². The number of hydrogen-bond acceptors (Lipinski definition) is 9. The summed E-state index contributed by atoms with van der Waals surface area (Å²) >= 11 is 0. The average Bonchev–Trinajstić information content (AvgIpc) is 3.27. The van der Waals surface area contributed by atoms with Gasteiger partial charge in [-0.25, -0.2) is 14.4 Å². The minimum Gasteiger partial charge on any atom is -0.452 e. The second kappa shape index (κ2) is 12.6. The van der Waals surface area contributed by atoms with Crippen molar-refractivity contribution in [2.24, 2.45) is 0 Å². The predicted molar refractivity (Wildman–Crippen MR) is 133 cm³/mol. The van der Waals surface area contributed by atoms with Crippen LogP contribution in [0.1, 0.15) is 38.0 Å². The molecule has 3 unspecified atom stereocenters. The van der Waals surface area contributed by atoms with Gasteiger partial charge >= 0.3 is 30.1 Å². The van der Waals surface area contributed by atoms with E-state index in [4.69, 9.17) is 23.7 Å². The highest BCUT2D eigenvalue weighted by Gasteiger charge is 2.61. The summed E-state index contributed by atoms with van der Waals surface area (Å²) in [4.78, 5) is 50.4. The van der Waals surface area contributed by atoms with Crippen molar-refractivity contribution in [3.8, 4) is 0 Å². The number of alkyl halides is 3. The summed E-state index contributed by atoms with van der Waals surface area (Å²) in [6, 6.07) is 21.6. The van der Waals surface area contributed by atoms with Crippen LogP contribution < -0.4 is 0 Å². The van der Waals surface area contributed by atoms with Gasteiger partial charge in [-0.1, -0.05) is 54.6 Å². The third-order valence-electron chi connectivity index (χ3n) is 5.86. The van der Waals surface area contributed by atoms with E-state index in [1.807, 2.05) is 0 Å². The minimum absolute atomic E-state index is 0.00791. The minimum atomic E-state index is -5.26. The highest BCUT2D eigenvalue weighted by molar-refractivity contribution is 5.91. The van der Waals surface area contributed by atoms with E-state index in [-0.39, 0.29) is 16.7 Å². The Morgan fingerprint density at radius 1 is 0.659 bits per heavy atom. The van der Waals surface area contributed by atoms with Crippen LogP contribution in [0.3, 0.4) is 0 Å². The molecular formula is C29H23F3O9. The largest absolute Gasteiger partial charge is 0.452 e. The van der Waals surface area contributed by atoms with Crippen LogP contribution in [0.25, 0.3) is 0 Å². The molecule has 3 aromatic carbocycles. The molecule has 214 valence electrons. The maximum Gasteiger partial charge on any atom is 0.428 e. The van der Waals surface area contributed by atoms with Crippen molar-refractivity contribution in [2.45, 2.75) is 43.8 Å². The summed E-state index contributed by atoms with van der Waals surface area (Å²) in [6.45, 7) is 0.953. The molecule has 1 saturated heterocycles. The third kappa shape index (κ3) is 7.28. The van der Waals surface area contributed by atoms with E-state index in [1.54, 1.807) is 18.2 Å². The molecule has 0 aliphatic carbocycles. The molecule has 9 nitrogen and oxygen atoms in total. The number of rotatable bonds is 8. The number of benzene rings is 3. The van der Waals surface area contributed by atoms with Gasteiger partial charge in [-0.3, -0.25) is 4.79 Å². The third-order valence-corrected chi connectivity index (χ3v) is 5.86. The topological polar surface area (TPSA) is 114 Å². The molecule has 5 atom stereocenters. The lowest BCUT2D eigenvalue weighted by Gasteiger charge is -2.29. The first-order valence-electron chi connectivity index (χ1n) is 12.2. The smallest absolute Gasteiger partial charge is 0.428 e. The maximum atomic E-state index is 14.4. The van der Waals surface area contributed by atoms with Crippen LogP contribution in [0.2, 0.25) is 0 Å². The Kier molecular flexibility index (Phi) is 9.03. The second-order valence-electron chi connectivity index (χ2n) is 8.78. The van der Waals surface area contributed by atoms with Crippen molar-refractivity contribution >= 4 is 23.9 Å². The summed E-state index contributed by atoms with van der Waals surface area (Å²) in [6.07, 6.45) is -16.4. The predicted octanol–water partition coefficient (Wildman–Crippen LogP) is 4.51. The van der Waals surface area contributed by atoms with Crippen molar-refractivity contribution in [1.29, 1.82) is 0 Å². The van der Waals surface area contributed by atoms with Gasteiger partial charge in [0.15, 0.2) is 6.10 Å². The normalized spacial score (nSPS) is 20.9. The lowest BCUT2D eigenvalue weighted by Crippen LogP contribution is -2.51. The Labute approximate surface area is 231 Å². The van der Waals surface area contributed by atoms with Crippen LogP contribution in [0.5, 0.6) is 0 Å². The SMILES string of the molecule is CC(=O)OC1O[C@H](C(OC(=O)c2ccccc2)C(F)(F)F)[C@@H](OC(=O)c2ccccc2)C1OC(=O)c1ccccc1. The standard InChI is InChI=1S/C29H23F3O9/c1-17(33)37-28-23(39-26(35)19-13-7-3-8-14-19)21(38-25(34)18-11-5-2-6-12-18)22(40-28)24(29(30,31)32)41-27(36)20-15-9-4-10-16-20/h2-16,21-24,28H,1H3/t21-,22+,23?,24?,28?/m1/s1. The molecule has 0 bridgehead atoms. The highest BCUT2D eigenvalue weighted by Crippen LogP contribution is 2.38. The fourth-order valence-electron chi connectivity index (χ4n) is 4.02. The first-order chi connectivity index (χ1) is 19.5. The highest BCUT2D eigenvalue weighted by atomic mass is 19.4. The first kappa shape index (κ1) is 29.3. The van der Waals surface area contributed by atoms with Crippen molar-refractivity contribution in [1.82, 2.24) is 0 Å². The quantitative estimate of drug-likeness (QED) is 0.284. The number of hydrogen-bond donors (Lipinski definition) is 0. The molecule has 0 spiro atoms. The molecule has 0 amide bonds. The van der Waals surface area contributed by atoms with Crippen LogP contribution in [0.4, 0.5) is 13.2 Å². The fourth-order valence-corrected chi connectivity index (χ4v) is 4.02. The Balaban J connectivity index is 1.73. The average molecular weight is 572 g/mol. The monoisotopic (exact) mass is 572 g/mol. The second-order valence-corrected chi connectivity index (χ2v) is 8.78. The van der Waals surface area contributed by atoms with Crippen molar-refractivity contribution in [3.05, 3.63) is 108 Å². The van der Waals surface area contributed by atoms with E-state index in [0.717, 1.165) is 6.92 Å². The molecule has 0 saturated carbocycles. The van der Waals surface area contributed by atoms with Crippen molar-refractivity contribution < 1.29 is 56.0 Å². The van der Waals surface area contributed by atoms with E-state index in [2.05, 4.69) is 0 Å². The molecular weight excluding hydrogens is 549 g/mol. The number of esters is 4. The Morgan fingerprint density at radius 2 is 1.07 bits per heavy atom. The molecule has 12 heteroatoms. The maximum absolute atomic E-state index is 14.4. The van der Waals surface area contributed by atoms with Crippen molar-refractivity contribution in [2.75, 3.05) is 0 Å². The van der Waals surface area contributed by atoms with E-state index in [9.17, 15) is 32.3 Å². The summed E-state index contributed by atoms with van der Waals surface area (Å²) in [5, 5.41) is 0.